The fraction of sp³-hybridized carbons (Fsp3) is 0.133. The molecule has 0 fully saturated rings. The Balaban J connectivity index is 2.16. The normalized spacial score (nSPS) is 10.3. The van der Waals surface area contributed by atoms with Crippen molar-refractivity contribution in [1.29, 1.82) is 0 Å². The van der Waals surface area contributed by atoms with Crippen molar-refractivity contribution in [3.63, 3.8) is 0 Å². The summed E-state index contributed by atoms with van der Waals surface area (Å²) in [5.41, 5.74) is 7.81. The van der Waals surface area contributed by atoms with Crippen LogP contribution in [0.5, 0.6) is 0 Å². The quantitative estimate of drug-likeness (QED) is 0.872. The fourth-order valence-electron chi connectivity index (χ4n) is 1.86. The van der Waals surface area contributed by atoms with Crippen LogP contribution >= 0.6 is 15.9 Å². The minimum Gasteiger partial charge on any atom is -0.398 e. The Morgan fingerprint density at radius 2 is 2.00 bits per heavy atom. The lowest BCUT2D eigenvalue weighted by Gasteiger charge is -2.18. The number of nitrogens with two attached hydrogens (primary N) is 1. The first kappa shape index (κ1) is 14.5. The molecule has 0 aliphatic carbocycles. The van der Waals surface area contributed by atoms with Gasteiger partial charge in [0, 0.05) is 24.8 Å². The first-order valence-electron chi connectivity index (χ1n) is 6.03. The highest BCUT2D eigenvalue weighted by Gasteiger charge is 2.14. The second kappa shape index (κ2) is 6.05. The molecule has 0 heterocycles. The van der Waals surface area contributed by atoms with E-state index in [4.69, 9.17) is 5.73 Å². The van der Waals surface area contributed by atoms with E-state index in [0.29, 0.717) is 17.8 Å². The first-order chi connectivity index (χ1) is 9.49. The third-order valence-electron chi connectivity index (χ3n) is 2.98. The molecule has 0 spiro atoms. The number of hydrogen-bond acceptors (Lipinski definition) is 2. The lowest BCUT2D eigenvalue weighted by molar-refractivity contribution is 0.0785. The SMILES string of the molecule is CN(Cc1ccccc1N)C(=O)c1ccc(F)c(Br)c1. The van der Waals surface area contributed by atoms with Gasteiger partial charge in [0.05, 0.1) is 4.47 Å². The molecule has 0 saturated carbocycles. The van der Waals surface area contributed by atoms with Gasteiger partial charge in [0.25, 0.3) is 5.91 Å². The molecule has 104 valence electrons. The van der Waals surface area contributed by atoms with Crippen molar-refractivity contribution in [2.45, 2.75) is 6.54 Å². The zero-order valence-electron chi connectivity index (χ0n) is 10.9. The van der Waals surface area contributed by atoms with E-state index >= 15 is 0 Å². The van der Waals surface area contributed by atoms with E-state index < -0.39 is 5.82 Å². The molecule has 2 N–H and O–H groups in total. The Hall–Kier alpha value is -1.88. The van der Waals surface area contributed by atoms with E-state index in [1.807, 2.05) is 18.2 Å². The van der Waals surface area contributed by atoms with E-state index in [1.165, 1.54) is 18.2 Å². The van der Waals surface area contributed by atoms with Gasteiger partial charge in [0.2, 0.25) is 0 Å². The van der Waals surface area contributed by atoms with Crippen LogP contribution in [-0.4, -0.2) is 17.9 Å². The maximum absolute atomic E-state index is 13.2. The molecule has 0 atom stereocenters. The van der Waals surface area contributed by atoms with E-state index in [0.717, 1.165) is 5.56 Å². The summed E-state index contributed by atoms with van der Waals surface area (Å²) in [5.74, 6) is -0.578. The Kier molecular flexibility index (Phi) is 4.39. The summed E-state index contributed by atoms with van der Waals surface area (Å²) in [6.07, 6.45) is 0. The Labute approximate surface area is 125 Å². The van der Waals surface area contributed by atoms with Crippen LogP contribution < -0.4 is 5.73 Å². The smallest absolute Gasteiger partial charge is 0.253 e. The summed E-state index contributed by atoms with van der Waals surface area (Å²) in [7, 11) is 1.69. The zero-order valence-corrected chi connectivity index (χ0v) is 12.5. The Bertz CT molecular complexity index is 646. The summed E-state index contributed by atoms with van der Waals surface area (Å²) < 4.78 is 13.4. The van der Waals surface area contributed by atoms with Crippen LogP contribution in [0.3, 0.4) is 0 Å². The molecule has 0 radical (unpaired) electrons. The van der Waals surface area contributed by atoms with Crippen LogP contribution in [-0.2, 0) is 6.54 Å². The number of hydrogen-bond donors (Lipinski definition) is 1. The van der Waals surface area contributed by atoms with Crippen LogP contribution in [0.15, 0.2) is 46.9 Å². The molecule has 0 unspecified atom stereocenters. The number of rotatable bonds is 3. The monoisotopic (exact) mass is 336 g/mol. The van der Waals surface area contributed by atoms with Gasteiger partial charge in [-0.2, -0.15) is 0 Å². The maximum Gasteiger partial charge on any atom is 0.253 e. The summed E-state index contributed by atoms with van der Waals surface area (Å²) in [6.45, 7) is 0.403. The predicted molar refractivity (Wildman–Crippen MR) is 80.8 cm³/mol. The molecular formula is C15H14BrFN2O. The molecule has 1 amide bonds. The first-order valence-corrected chi connectivity index (χ1v) is 6.82. The molecule has 0 saturated heterocycles. The molecule has 2 rings (SSSR count). The minimum absolute atomic E-state index is 0.186. The topological polar surface area (TPSA) is 46.3 Å². The van der Waals surface area contributed by atoms with Crippen LogP contribution in [0, 0.1) is 5.82 Å². The van der Waals surface area contributed by atoms with Crippen molar-refractivity contribution >= 4 is 27.5 Å². The van der Waals surface area contributed by atoms with Gasteiger partial charge in [-0.25, -0.2) is 4.39 Å². The van der Waals surface area contributed by atoms with Crippen molar-refractivity contribution in [1.82, 2.24) is 4.90 Å². The number of benzene rings is 2. The van der Waals surface area contributed by atoms with E-state index in [9.17, 15) is 9.18 Å². The third kappa shape index (κ3) is 3.17. The van der Waals surface area contributed by atoms with Gasteiger partial charge in [-0.3, -0.25) is 4.79 Å². The average Bonchev–Trinajstić information content (AvgIpc) is 2.43. The number of carbonyl (C=O) groups excluding carboxylic acids is 1. The molecule has 0 aliphatic heterocycles. The lowest BCUT2D eigenvalue weighted by Crippen LogP contribution is -2.26. The number of nitrogens with zero attached hydrogens (tertiary/aromatic N) is 1. The number of para-hydroxylation sites is 1. The summed E-state index contributed by atoms with van der Waals surface area (Å²) in [5, 5.41) is 0. The molecule has 0 aromatic heterocycles. The van der Waals surface area contributed by atoms with Crippen molar-refractivity contribution in [2.24, 2.45) is 0 Å². The van der Waals surface area contributed by atoms with Crippen LogP contribution in [0.1, 0.15) is 15.9 Å². The van der Waals surface area contributed by atoms with E-state index in [-0.39, 0.29) is 10.4 Å². The summed E-state index contributed by atoms with van der Waals surface area (Å²) in [4.78, 5) is 13.8. The number of carbonyl (C=O) groups is 1. The summed E-state index contributed by atoms with van der Waals surface area (Å²) >= 11 is 3.08. The largest absolute Gasteiger partial charge is 0.398 e. The van der Waals surface area contributed by atoms with E-state index in [2.05, 4.69) is 15.9 Å². The van der Waals surface area contributed by atoms with Gasteiger partial charge in [-0.1, -0.05) is 18.2 Å². The fourth-order valence-corrected chi connectivity index (χ4v) is 2.23. The zero-order chi connectivity index (χ0) is 14.7. The molecule has 2 aromatic carbocycles. The minimum atomic E-state index is -0.392. The highest BCUT2D eigenvalue weighted by atomic mass is 79.9. The van der Waals surface area contributed by atoms with Crippen molar-refractivity contribution < 1.29 is 9.18 Å². The standard InChI is InChI=1S/C15H14BrFN2O/c1-19(9-11-4-2-3-5-14(11)18)15(20)10-6-7-13(17)12(16)8-10/h2-8H,9,18H2,1H3. The predicted octanol–water partition coefficient (Wildman–Crippen LogP) is 3.44. The molecule has 20 heavy (non-hydrogen) atoms. The van der Waals surface area contributed by atoms with Gasteiger partial charge in [-0.15, -0.1) is 0 Å². The highest BCUT2D eigenvalue weighted by Crippen LogP contribution is 2.19. The molecule has 3 nitrogen and oxygen atoms in total. The molecular weight excluding hydrogens is 323 g/mol. The number of amides is 1. The third-order valence-corrected chi connectivity index (χ3v) is 3.58. The second-order valence-electron chi connectivity index (χ2n) is 4.49. The van der Waals surface area contributed by atoms with Gasteiger partial charge >= 0.3 is 0 Å². The number of nitrogen functional groups attached to an aromatic ring is 1. The lowest BCUT2D eigenvalue weighted by atomic mass is 10.1. The van der Waals surface area contributed by atoms with Crippen LogP contribution in [0.2, 0.25) is 0 Å². The van der Waals surface area contributed by atoms with Crippen molar-refractivity contribution in [2.75, 3.05) is 12.8 Å². The van der Waals surface area contributed by atoms with Gasteiger partial charge in [-0.05, 0) is 45.8 Å². The summed E-state index contributed by atoms with van der Waals surface area (Å²) in [6, 6.07) is 11.6. The Morgan fingerprint density at radius 1 is 1.30 bits per heavy atom. The van der Waals surface area contributed by atoms with Crippen molar-refractivity contribution in [3.05, 3.63) is 63.9 Å². The van der Waals surface area contributed by atoms with E-state index in [1.54, 1.807) is 18.0 Å². The van der Waals surface area contributed by atoms with Crippen LogP contribution in [0.4, 0.5) is 10.1 Å². The highest BCUT2D eigenvalue weighted by molar-refractivity contribution is 9.10. The molecule has 5 heteroatoms. The van der Waals surface area contributed by atoms with Gasteiger partial charge in [0.1, 0.15) is 5.82 Å². The maximum atomic E-state index is 13.2. The number of halogens is 2. The van der Waals surface area contributed by atoms with Crippen molar-refractivity contribution in [3.8, 4) is 0 Å². The molecule has 2 aromatic rings. The Morgan fingerprint density at radius 3 is 2.65 bits per heavy atom. The van der Waals surface area contributed by atoms with Gasteiger partial charge < -0.3 is 10.6 Å². The second-order valence-corrected chi connectivity index (χ2v) is 5.34. The van der Waals surface area contributed by atoms with Crippen LogP contribution in [0.25, 0.3) is 0 Å². The average molecular weight is 337 g/mol. The molecule has 0 aliphatic rings. The van der Waals surface area contributed by atoms with Gasteiger partial charge in [0.15, 0.2) is 0 Å². The molecule has 0 bridgehead atoms. The number of anilines is 1.